The van der Waals surface area contributed by atoms with Gasteiger partial charge in [-0.15, -0.1) is 0 Å². The van der Waals surface area contributed by atoms with Gasteiger partial charge >= 0.3 is 12.2 Å². The minimum Gasteiger partial charge on any atom is -0.506 e. The second kappa shape index (κ2) is 9.80. The van der Waals surface area contributed by atoms with Crippen molar-refractivity contribution in [3.05, 3.63) is 90.0 Å². The summed E-state index contributed by atoms with van der Waals surface area (Å²) in [6.07, 6.45) is -1.36. The monoisotopic (exact) mass is 392 g/mol. The van der Waals surface area contributed by atoms with Crippen LogP contribution >= 0.6 is 0 Å². The number of nitrogens with one attached hydrogen (secondary N) is 2. The van der Waals surface area contributed by atoms with Crippen molar-refractivity contribution >= 4 is 23.6 Å². The molecule has 3 rings (SSSR count). The van der Waals surface area contributed by atoms with E-state index in [1.807, 2.05) is 60.7 Å². The Labute approximate surface area is 167 Å². The van der Waals surface area contributed by atoms with Crippen LogP contribution in [0.1, 0.15) is 11.1 Å². The number of aromatic hydroxyl groups is 1. The van der Waals surface area contributed by atoms with Crippen LogP contribution in [0.15, 0.2) is 78.9 Å². The zero-order valence-corrected chi connectivity index (χ0v) is 15.5. The maximum absolute atomic E-state index is 11.9. The molecule has 148 valence electrons. The van der Waals surface area contributed by atoms with E-state index in [1.165, 1.54) is 18.2 Å². The summed E-state index contributed by atoms with van der Waals surface area (Å²) in [5, 5.41) is 15.1. The number of carbonyl (C=O) groups excluding carboxylic acids is 2. The van der Waals surface area contributed by atoms with Gasteiger partial charge < -0.3 is 14.6 Å². The van der Waals surface area contributed by atoms with Gasteiger partial charge in [0.25, 0.3) is 0 Å². The number of ether oxygens (including phenoxy) is 2. The second-order valence-corrected chi connectivity index (χ2v) is 6.11. The summed E-state index contributed by atoms with van der Waals surface area (Å²) in [6, 6.07) is 22.8. The molecule has 0 saturated heterocycles. The Morgan fingerprint density at radius 3 is 1.76 bits per heavy atom. The largest absolute Gasteiger partial charge is 0.506 e. The molecule has 29 heavy (non-hydrogen) atoms. The Bertz CT molecular complexity index is 961. The lowest BCUT2D eigenvalue weighted by atomic mass is 10.2. The summed E-state index contributed by atoms with van der Waals surface area (Å²) in [6.45, 7) is 0.242. The fraction of sp³-hybridized carbons (Fsp3) is 0.0909. The molecule has 2 amide bonds. The number of hydrogen-bond acceptors (Lipinski definition) is 5. The number of phenols is 1. The standard InChI is InChI=1S/C22H20N2O5/c25-20-13-18(23-21(26)28-14-16-7-3-1-4-8-16)11-12-19(20)24-22(27)29-15-17-9-5-2-6-10-17/h1-13,25H,14-15H2,(H,23,26)(H,24,27). The number of phenolic OH excluding ortho intramolecular Hbond substituents is 1. The molecule has 0 aliphatic rings. The van der Waals surface area contributed by atoms with Gasteiger partial charge in [0.05, 0.1) is 5.69 Å². The molecule has 0 unspecified atom stereocenters. The third kappa shape index (κ3) is 6.28. The van der Waals surface area contributed by atoms with E-state index in [9.17, 15) is 14.7 Å². The zero-order chi connectivity index (χ0) is 20.5. The number of anilines is 2. The van der Waals surface area contributed by atoms with Gasteiger partial charge in [0.1, 0.15) is 19.0 Å². The maximum Gasteiger partial charge on any atom is 0.412 e. The van der Waals surface area contributed by atoms with Gasteiger partial charge in [-0.05, 0) is 23.3 Å². The third-order valence-corrected chi connectivity index (χ3v) is 3.91. The highest BCUT2D eigenvalue weighted by atomic mass is 16.6. The van der Waals surface area contributed by atoms with Crippen LogP contribution in [0, 0.1) is 0 Å². The van der Waals surface area contributed by atoms with Crippen molar-refractivity contribution in [2.24, 2.45) is 0 Å². The number of benzene rings is 3. The predicted molar refractivity (Wildman–Crippen MR) is 109 cm³/mol. The molecule has 0 atom stereocenters. The van der Waals surface area contributed by atoms with Crippen LogP contribution in [0.25, 0.3) is 0 Å². The summed E-state index contributed by atoms with van der Waals surface area (Å²) < 4.78 is 10.2. The molecule has 7 heteroatoms. The van der Waals surface area contributed by atoms with Gasteiger partial charge in [-0.25, -0.2) is 9.59 Å². The van der Waals surface area contributed by atoms with Crippen molar-refractivity contribution in [1.82, 2.24) is 0 Å². The van der Waals surface area contributed by atoms with E-state index in [-0.39, 0.29) is 24.7 Å². The van der Waals surface area contributed by atoms with E-state index in [4.69, 9.17) is 9.47 Å². The van der Waals surface area contributed by atoms with Gasteiger partial charge in [-0.1, -0.05) is 60.7 Å². The molecule has 0 radical (unpaired) electrons. The molecule has 0 bridgehead atoms. The maximum atomic E-state index is 11.9. The summed E-state index contributed by atoms with van der Waals surface area (Å²) in [5.74, 6) is -0.220. The minimum absolute atomic E-state index is 0.111. The second-order valence-electron chi connectivity index (χ2n) is 6.11. The van der Waals surface area contributed by atoms with Crippen LogP contribution in [0.4, 0.5) is 21.0 Å². The fourth-order valence-electron chi connectivity index (χ4n) is 2.46. The summed E-state index contributed by atoms with van der Waals surface area (Å²) in [5.41, 5.74) is 2.19. The first-order valence-electron chi connectivity index (χ1n) is 8.88. The Morgan fingerprint density at radius 1 is 0.724 bits per heavy atom. The highest BCUT2D eigenvalue weighted by Gasteiger charge is 2.10. The van der Waals surface area contributed by atoms with E-state index < -0.39 is 12.2 Å². The number of hydrogen-bond donors (Lipinski definition) is 3. The van der Waals surface area contributed by atoms with Crippen LogP contribution in [-0.2, 0) is 22.7 Å². The molecule has 3 aromatic carbocycles. The van der Waals surface area contributed by atoms with Gasteiger partial charge in [-0.2, -0.15) is 0 Å². The fourth-order valence-corrected chi connectivity index (χ4v) is 2.46. The van der Waals surface area contributed by atoms with Crippen LogP contribution in [0.5, 0.6) is 5.75 Å². The first kappa shape index (κ1) is 19.8. The first-order chi connectivity index (χ1) is 14.1. The summed E-state index contributed by atoms with van der Waals surface area (Å²) >= 11 is 0. The van der Waals surface area contributed by atoms with E-state index in [1.54, 1.807) is 0 Å². The smallest absolute Gasteiger partial charge is 0.412 e. The molecular formula is C22H20N2O5. The average Bonchev–Trinajstić information content (AvgIpc) is 2.74. The minimum atomic E-state index is -0.702. The highest BCUT2D eigenvalue weighted by molar-refractivity contribution is 5.89. The number of carbonyl (C=O) groups is 2. The van der Waals surface area contributed by atoms with E-state index >= 15 is 0 Å². The number of rotatable bonds is 6. The van der Waals surface area contributed by atoms with Gasteiger partial charge in [0.15, 0.2) is 0 Å². The normalized spacial score (nSPS) is 10.1. The lowest BCUT2D eigenvalue weighted by Crippen LogP contribution is -2.15. The average molecular weight is 392 g/mol. The highest BCUT2D eigenvalue weighted by Crippen LogP contribution is 2.27. The molecule has 3 N–H and O–H groups in total. The van der Waals surface area contributed by atoms with E-state index in [2.05, 4.69) is 10.6 Å². The molecule has 0 heterocycles. The van der Waals surface area contributed by atoms with Gasteiger partial charge in [-0.3, -0.25) is 10.6 Å². The molecule has 0 spiro atoms. The van der Waals surface area contributed by atoms with Crippen molar-refractivity contribution in [2.45, 2.75) is 13.2 Å². The molecule has 0 aromatic heterocycles. The molecule has 0 aliphatic carbocycles. The lowest BCUT2D eigenvalue weighted by Gasteiger charge is -2.11. The molecule has 0 fully saturated rings. The molecule has 0 saturated carbocycles. The van der Waals surface area contributed by atoms with Gasteiger partial charge in [0.2, 0.25) is 0 Å². The van der Waals surface area contributed by atoms with E-state index in [0.29, 0.717) is 5.69 Å². The summed E-state index contributed by atoms with van der Waals surface area (Å²) in [7, 11) is 0. The molecule has 3 aromatic rings. The SMILES string of the molecule is O=C(Nc1ccc(NC(=O)OCc2ccccc2)c(O)c1)OCc1ccccc1. The van der Waals surface area contributed by atoms with Crippen molar-refractivity contribution in [2.75, 3.05) is 10.6 Å². The Kier molecular flexibility index (Phi) is 6.67. The van der Waals surface area contributed by atoms with Crippen LogP contribution in [0.3, 0.4) is 0 Å². The van der Waals surface area contributed by atoms with Crippen molar-refractivity contribution in [3.8, 4) is 5.75 Å². The summed E-state index contributed by atoms with van der Waals surface area (Å²) in [4.78, 5) is 23.8. The van der Waals surface area contributed by atoms with Crippen LogP contribution in [0.2, 0.25) is 0 Å². The topological polar surface area (TPSA) is 96.9 Å². The van der Waals surface area contributed by atoms with Crippen molar-refractivity contribution in [3.63, 3.8) is 0 Å². The van der Waals surface area contributed by atoms with Crippen molar-refractivity contribution in [1.29, 1.82) is 0 Å². The van der Waals surface area contributed by atoms with Crippen LogP contribution < -0.4 is 10.6 Å². The molecule has 7 nitrogen and oxygen atoms in total. The first-order valence-corrected chi connectivity index (χ1v) is 8.88. The predicted octanol–water partition coefficient (Wildman–Crippen LogP) is 4.89. The molecule has 0 aliphatic heterocycles. The van der Waals surface area contributed by atoms with Crippen LogP contribution in [-0.4, -0.2) is 17.3 Å². The Balaban J connectivity index is 1.48. The lowest BCUT2D eigenvalue weighted by molar-refractivity contribution is 0.154. The third-order valence-electron chi connectivity index (χ3n) is 3.91. The van der Waals surface area contributed by atoms with Crippen molar-refractivity contribution < 1.29 is 24.2 Å². The Hall–Kier alpha value is -4.00. The quantitative estimate of drug-likeness (QED) is 0.519. The van der Waals surface area contributed by atoms with Gasteiger partial charge in [0, 0.05) is 11.8 Å². The Morgan fingerprint density at radius 2 is 1.24 bits per heavy atom. The van der Waals surface area contributed by atoms with E-state index in [0.717, 1.165) is 11.1 Å². The molecular weight excluding hydrogens is 372 g/mol. The number of amides is 2. The zero-order valence-electron chi connectivity index (χ0n) is 15.5.